The molecule has 1 amide bonds. The van der Waals surface area contributed by atoms with Gasteiger partial charge in [0.2, 0.25) is 5.91 Å². The number of piperazine rings is 1. The molecule has 1 aliphatic heterocycles. The largest absolute Gasteiger partial charge is 0.469 e. The number of methoxy groups -OCH3 is 1. The van der Waals surface area contributed by atoms with E-state index in [1.165, 1.54) is 12.7 Å². The maximum absolute atomic E-state index is 12.5. The minimum absolute atomic E-state index is 0.0925. The Bertz CT molecular complexity index is 911. The van der Waals surface area contributed by atoms with Crippen LogP contribution in [0, 0.1) is 6.92 Å². The third kappa shape index (κ3) is 8.14. The normalized spacial score (nSPS) is 15.3. The van der Waals surface area contributed by atoms with Crippen molar-refractivity contribution in [2.45, 2.75) is 38.9 Å². The molecule has 7 heteroatoms. The zero-order chi connectivity index (χ0) is 23.6. The van der Waals surface area contributed by atoms with Crippen LogP contribution in [0.1, 0.15) is 42.1 Å². The molecule has 3 rings (SSSR count). The van der Waals surface area contributed by atoms with Gasteiger partial charge in [0.25, 0.3) is 0 Å². The number of hydrogen-bond donors (Lipinski definition) is 0. The van der Waals surface area contributed by atoms with Crippen molar-refractivity contribution in [3.05, 3.63) is 70.2 Å². The van der Waals surface area contributed by atoms with E-state index in [1.54, 1.807) is 0 Å². The Kier molecular flexibility index (Phi) is 9.73. The number of benzene rings is 2. The average Bonchev–Trinajstić information content (AvgIpc) is 2.82. The predicted octanol–water partition coefficient (Wildman–Crippen LogP) is 4.39. The summed E-state index contributed by atoms with van der Waals surface area (Å²) in [7, 11) is 1.37. The fourth-order valence-corrected chi connectivity index (χ4v) is 4.11. The number of aryl methyl sites for hydroxylation is 1. The third-order valence-electron chi connectivity index (χ3n) is 5.92. The first-order valence-electron chi connectivity index (χ1n) is 11.4. The van der Waals surface area contributed by atoms with E-state index < -0.39 is 0 Å². The van der Waals surface area contributed by atoms with E-state index in [4.69, 9.17) is 16.3 Å². The number of halogens is 1. The SMILES string of the molecule is COC(=O)CCCC(=O)N1CCN(CC(OCc2cccc(C)c2)c2ccc(Cl)cc2)CC1. The number of amides is 1. The Morgan fingerprint density at radius 2 is 1.76 bits per heavy atom. The van der Waals surface area contributed by atoms with Gasteiger partial charge in [-0.1, -0.05) is 53.6 Å². The molecular weight excluding hydrogens is 440 g/mol. The summed E-state index contributed by atoms with van der Waals surface area (Å²) in [5, 5.41) is 0.704. The first-order chi connectivity index (χ1) is 15.9. The molecule has 1 unspecified atom stereocenters. The molecule has 0 aromatic heterocycles. The highest BCUT2D eigenvalue weighted by Crippen LogP contribution is 2.23. The molecular formula is C26H33ClN2O4. The standard InChI is InChI=1S/C26H33ClN2O4/c1-20-5-3-6-21(17-20)19-33-24(22-9-11-23(27)12-10-22)18-28-13-15-29(16-14-28)25(30)7-4-8-26(31)32-2/h3,5-6,9-12,17,24H,4,7-8,13-16,18-19H2,1-2H3. The number of carbonyl (C=O) groups is 2. The lowest BCUT2D eigenvalue weighted by Gasteiger charge is -2.36. The highest BCUT2D eigenvalue weighted by molar-refractivity contribution is 6.30. The van der Waals surface area contributed by atoms with Crippen LogP contribution in [0.5, 0.6) is 0 Å². The minimum atomic E-state index is -0.272. The predicted molar refractivity (Wildman–Crippen MR) is 129 cm³/mol. The van der Waals surface area contributed by atoms with Gasteiger partial charge >= 0.3 is 5.97 Å². The molecule has 0 spiro atoms. The van der Waals surface area contributed by atoms with Gasteiger partial charge in [0.05, 0.1) is 19.8 Å². The number of ether oxygens (including phenoxy) is 2. The van der Waals surface area contributed by atoms with Gasteiger partial charge in [-0.15, -0.1) is 0 Å². The van der Waals surface area contributed by atoms with Crippen LogP contribution in [-0.4, -0.2) is 61.5 Å². The highest BCUT2D eigenvalue weighted by Gasteiger charge is 2.24. The maximum Gasteiger partial charge on any atom is 0.305 e. The fourth-order valence-electron chi connectivity index (χ4n) is 3.99. The molecule has 2 aromatic carbocycles. The van der Waals surface area contributed by atoms with E-state index in [0.29, 0.717) is 37.6 Å². The van der Waals surface area contributed by atoms with Gasteiger partial charge in [-0.3, -0.25) is 14.5 Å². The Labute approximate surface area is 201 Å². The quantitative estimate of drug-likeness (QED) is 0.480. The Morgan fingerprint density at radius 3 is 2.42 bits per heavy atom. The van der Waals surface area contributed by atoms with Crippen LogP contribution in [0.3, 0.4) is 0 Å². The lowest BCUT2D eigenvalue weighted by atomic mass is 10.1. The lowest BCUT2D eigenvalue weighted by molar-refractivity contribution is -0.141. The van der Waals surface area contributed by atoms with Gasteiger partial charge in [-0.2, -0.15) is 0 Å². The van der Waals surface area contributed by atoms with Crippen molar-refractivity contribution in [3.63, 3.8) is 0 Å². The summed E-state index contributed by atoms with van der Waals surface area (Å²) < 4.78 is 11.0. The molecule has 1 saturated heterocycles. The van der Waals surface area contributed by atoms with Gasteiger partial charge in [0, 0.05) is 50.6 Å². The summed E-state index contributed by atoms with van der Waals surface area (Å²) in [5.41, 5.74) is 3.45. The molecule has 0 saturated carbocycles. The molecule has 6 nitrogen and oxygen atoms in total. The van der Waals surface area contributed by atoms with E-state index in [2.05, 4.69) is 34.8 Å². The summed E-state index contributed by atoms with van der Waals surface area (Å²) in [6, 6.07) is 16.2. The van der Waals surface area contributed by atoms with Gasteiger partial charge in [0.15, 0.2) is 0 Å². The zero-order valence-corrected chi connectivity index (χ0v) is 20.2. The minimum Gasteiger partial charge on any atom is -0.469 e. The summed E-state index contributed by atoms with van der Waals surface area (Å²) >= 11 is 6.09. The Morgan fingerprint density at radius 1 is 1.03 bits per heavy atom. The molecule has 33 heavy (non-hydrogen) atoms. The number of rotatable bonds is 10. The van der Waals surface area contributed by atoms with Crippen LogP contribution < -0.4 is 0 Å². The van der Waals surface area contributed by atoms with Crippen LogP contribution in [0.15, 0.2) is 48.5 Å². The second-order valence-electron chi connectivity index (χ2n) is 8.45. The Balaban J connectivity index is 1.54. The lowest BCUT2D eigenvalue weighted by Crippen LogP contribution is -2.49. The molecule has 0 radical (unpaired) electrons. The summed E-state index contributed by atoms with van der Waals surface area (Å²) in [6.45, 7) is 6.31. The molecule has 178 valence electrons. The number of nitrogens with zero attached hydrogens (tertiary/aromatic N) is 2. The molecule has 2 aromatic rings. The topological polar surface area (TPSA) is 59.1 Å². The number of esters is 1. The van der Waals surface area contributed by atoms with E-state index >= 15 is 0 Å². The van der Waals surface area contributed by atoms with Crippen molar-refractivity contribution < 1.29 is 19.1 Å². The van der Waals surface area contributed by atoms with Crippen molar-refractivity contribution in [2.75, 3.05) is 39.8 Å². The van der Waals surface area contributed by atoms with Gasteiger partial charge in [-0.05, 0) is 36.6 Å². The van der Waals surface area contributed by atoms with E-state index in [0.717, 1.165) is 30.8 Å². The monoisotopic (exact) mass is 472 g/mol. The molecule has 0 bridgehead atoms. The van der Waals surface area contributed by atoms with Gasteiger partial charge < -0.3 is 14.4 Å². The summed E-state index contributed by atoms with van der Waals surface area (Å²) in [5.74, 6) is -0.171. The Hall–Kier alpha value is -2.41. The van der Waals surface area contributed by atoms with E-state index in [-0.39, 0.29) is 24.4 Å². The number of hydrogen-bond acceptors (Lipinski definition) is 5. The van der Waals surface area contributed by atoms with Crippen molar-refractivity contribution in [3.8, 4) is 0 Å². The van der Waals surface area contributed by atoms with Crippen molar-refractivity contribution in [1.29, 1.82) is 0 Å². The molecule has 1 heterocycles. The van der Waals surface area contributed by atoms with Crippen LogP contribution in [-0.2, 0) is 25.7 Å². The smallest absolute Gasteiger partial charge is 0.305 e. The van der Waals surface area contributed by atoms with Crippen LogP contribution in [0.25, 0.3) is 0 Å². The van der Waals surface area contributed by atoms with Crippen LogP contribution >= 0.6 is 11.6 Å². The fraction of sp³-hybridized carbons (Fsp3) is 0.462. The molecule has 1 atom stereocenters. The van der Waals surface area contributed by atoms with Gasteiger partial charge in [-0.25, -0.2) is 0 Å². The molecule has 0 aliphatic carbocycles. The first-order valence-corrected chi connectivity index (χ1v) is 11.8. The zero-order valence-electron chi connectivity index (χ0n) is 19.5. The highest BCUT2D eigenvalue weighted by atomic mass is 35.5. The summed E-state index contributed by atoms with van der Waals surface area (Å²) in [6.07, 6.45) is 1.09. The van der Waals surface area contributed by atoms with Crippen LogP contribution in [0.2, 0.25) is 5.02 Å². The second kappa shape index (κ2) is 12.7. The van der Waals surface area contributed by atoms with Crippen LogP contribution in [0.4, 0.5) is 0 Å². The average molecular weight is 473 g/mol. The van der Waals surface area contributed by atoms with E-state index in [9.17, 15) is 9.59 Å². The molecule has 1 aliphatic rings. The second-order valence-corrected chi connectivity index (χ2v) is 8.89. The maximum atomic E-state index is 12.5. The number of carbonyl (C=O) groups excluding carboxylic acids is 2. The van der Waals surface area contributed by atoms with Crippen molar-refractivity contribution in [1.82, 2.24) is 9.80 Å². The van der Waals surface area contributed by atoms with Crippen molar-refractivity contribution >= 4 is 23.5 Å². The van der Waals surface area contributed by atoms with Gasteiger partial charge in [0.1, 0.15) is 0 Å². The van der Waals surface area contributed by atoms with E-state index in [1.807, 2.05) is 35.2 Å². The van der Waals surface area contributed by atoms with Crippen molar-refractivity contribution in [2.24, 2.45) is 0 Å². The first kappa shape index (κ1) is 25.2. The third-order valence-corrected chi connectivity index (χ3v) is 6.18. The molecule has 1 fully saturated rings. The molecule has 0 N–H and O–H groups in total. The summed E-state index contributed by atoms with van der Waals surface area (Å²) in [4.78, 5) is 27.9.